The molecule has 0 bridgehead atoms. The Morgan fingerprint density at radius 3 is 2.44 bits per heavy atom. The van der Waals surface area contributed by atoms with Gasteiger partial charge in [0.25, 0.3) is 11.8 Å². The largest absolute Gasteiger partial charge is 0.497 e. The van der Waals surface area contributed by atoms with Gasteiger partial charge in [0.05, 0.1) is 7.11 Å². The first-order valence-corrected chi connectivity index (χ1v) is 10.7. The third-order valence-electron chi connectivity index (χ3n) is 4.83. The first-order chi connectivity index (χ1) is 16.6. The highest BCUT2D eigenvalue weighted by Crippen LogP contribution is 2.19. The monoisotopic (exact) mass is 455 g/mol. The van der Waals surface area contributed by atoms with E-state index >= 15 is 0 Å². The van der Waals surface area contributed by atoms with Crippen molar-refractivity contribution in [2.75, 3.05) is 25.6 Å². The topological polar surface area (TPSA) is 100 Å². The zero-order valence-electron chi connectivity index (χ0n) is 18.8. The van der Waals surface area contributed by atoms with Crippen molar-refractivity contribution in [3.8, 4) is 17.6 Å². The molecule has 34 heavy (non-hydrogen) atoms. The van der Waals surface area contributed by atoms with Crippen molar-refractivity contribution in [2.24, 2.45) is 0 Å². The molecule has 0 aromatic heterocycles. The lowest BCUT2D eigenvalue weighted by molar-refractivity contribution is -0.123. The predicted octanol–water partition coefficient (Wildman–Crippen LogP) is 3.98. The maximum atomic E-state index is 12.5. The summed E-state index contributed by atoms with van der Waals surface area (Å²) >= 11 is 0. The van der Waals surface area contributed by atoms with E-state index in [1.807, 2.05) is 36.4 Å². The molecule has 0 fully saturated rings. The summed E-state index contributed by atoms with van der Waals surface area (Å²) < 4.78 is 10.7. The Hall–Kier alpha value is -4.57. The molecule has 3 aromatic carbocycles. The summed E-state index contributed by atoms with van der Waals surface area (Å²) in [4.78, 5) is 24.4. The van der Waals surface area contributed by atoms with Crippen LogP contribution in [0.15, 0.2) is 84.4 Å². The minimum absolute atomic E-state index is 0.0470. The molecule has 172 valence electrons. The van der Waals surface area contributed by atoms with Crippen molar-refractivity contribution < 1.29 is 19.1 Å². The van der Waals surface area contributed by atoms with Gasteiger partial charge in [-0.05, 0) is 47.9 Å². The van der Waals surface area contributed by atoms with Crippen LogP contribution in [0.4, 0.5) is 5.69 Å². The van der Waals surface area contributed by atoms with E-state index in [1.165, 1.54) is 13.2 Å². The SMILES string of the molecule is COc1cccc(NC(=O)/C(C#N)=C/c2ccc(OCC(=O)NCCc3ccccc3)cc2)c1. The Bertz CT molecular complexity index is 1180. The normalized spacial score (nSPS) is 10.6. The van der Waals surface area contributed by atoms with Gasteiger partial charge in [0.15, 0.2) is 6.61 Å². The summed E-state index contributed by atoms with van der Waals surface area (Å²) in [5.74, 6) is 0.375. The van der Waals surface area contributed by atoms with Gasteiger partial charge < -0.3 is 20.1 Å². The van der Waals surface area contributed by atoms with E-state index in [-0.39, 0.29) is 18.1 Å². The van der Waals surface area contributed by atoms with E-state index in [9.17, 15) is 14.9 Å². The zero-order valence-corrected chi connectivity index (χ0v) is 18.8. The third kappa shape index (κ3) is 7.53. The number of nitrogens with zero attached hydrogens (tertiary/aromatic N) is 1. The van der Waals surface area contributed by atoms with Crippen LogP contribution in [0.3, 0.4) is 0 Å². The highest BCUT2D eigenvalue weighted by Gasteiger charge is 2.10. The van der Waals surface area contributed by atoms with Crippen molar-refractivity contribution in [3.63, 3.8) is 0 Å². The number of methoxy groups -OCH3 is 1. The van der Waals surface area contributed by atoms with Crippen LogP contribution >= 0.6 is 0 Å². The number of hydrogen-bond acceptors (Lipinski definition) is 5. The molecular weight excluding hydrogens is 430 g/mol. The van der Waals surface area contributed by atoms with Crippen LogP contribution in [0.2, 0.25) is 0 Å². The molecule has 0 spiro atoms. The molecule has 3 aromatic rings. The van der Waals surface area contributed by atoms with Gasteiger partial charge in [-0.25, -0.2) is 0 Å². The third-order valence-corrected chi connectivity index (χ3v) is 4.83. The molecule has 0 saturated carbocycles. The van der Waals surface area contributed by atoms with E-state index in [4.69, 9.17) is 9.47 Å². The van der Waals surface area contributed by atoms with E-state index < -0.39 is 5.91 Å². The Labute approximate surface area is 198 Å². The second kappa shape index (κ2) is 12.5. The molecule has 0 saturated heterocycles. The van der Waals surface area contributed by atoms with Gasteiger partial charge in [0.1, 0.15) is 23.1 Å². The molecule has 2 N–H and O–H groups in total. The lowest BCUT2D eigenvalue weighted by Crippen LogP contribution is -2.30. The van der Waals surface area contributed by atoms with Crippen LogP contribution in [-0.4, -0.2) is 32.1 Å². The number of benzene rings is 3. The zero-order chi connectivity index (χ0) is 24.2. The summed E-state index contributed by atoms with van der Waals surface area (Å²) in [6.07, 6.45) is 2.23. The van der Waals surface area contributed by atoms with Gasteiger partial charge in [-0.3, -0.25) is 9.59 Å². The maximum Gasteiger partial charge on any atom is 0.266 e. The highest BCUT2D eigenvalue weighted by molar-refractivity contribution is 6.09. The van der Waals surface area contributed by atoms with Gasteiger partial charge in [-0.2, -0.15) is 5.26 Å². The maximum absolute atomic E-state index is 12.5. The quantitative estimate of drug-likeness (QED) is 0.356. The van der Waals surface area contributed by atoms with Crippen molar-refractivity contribution >= 4 is 23.6 Å². The van der Waals surface area contributed by atoms with E-state index in [2.05, 4.69) is 10.6 Å². The average Bonchev–Trinajstić information content (AvgIpc) is 2.87. The standard InChI is InChI=1S/C27H25N3O4/c1-33-25-9-5-8-23(17-25)30-27(32)22(18-28)16-21-10-12-24(13-11-21)34-19-26(31)29-15-14-20-6-3-2-4-7-20/h2-13,16-17H,14-15,19H2,1H3,(H,29,31)(H,30,32)/b22-16+. The van der Waals surface area contributed by atoms with Crippen molar-refractivity contribution in [2.45, 2.75) is 6.42 Å². The predicted molar refractivity (Wildman–Crippen MR) is 130 cm³/mol. The lowest BCUT2D eigenvalue weighted by Gasteiger charge is -2.08. The minimum Gasteiger partial charge on any atom is -0.497 e. The second-order valence-electron chi connectivity index (χ2n) is 7.30. The Balaban J connectivity index is 1.49. The van der Waals surface area contributed by atoms with Crippen molar-refractivity contribution in [1.82, 2.24) is 5.32 Å². The lowest BCUT2D eigenvalue weighted by atomic mass is 10.1. The minimum atomic E-state index is -0.525. The summed E-state index contributed by atoms with van der Waals surface area (Å²) in [6, 6.07) is 25.5. The fourth-order valence-corrected chi connectivity index (χ4v) is 3.07. The molecular formula is C27H25N3O4. The van der Waals surface area contributed by atoms with Gasteiger partial charge in [0.2, 0.25) is 0 Å². The fraction of sp³-hybridized carbons (Fsp3) is 0.148. The molecule has 3 rings (SSSR count). The molecule has 0 atom stereocenters. The van der Waals surface area contributed by atoms with Gasteiger partial charge in [-0.1, -0.05) is 48.5 Å². The van der Waals surface area contributed by atoms with E-state index in [0.29, 0.717) is 29.3 Å². The summed E-state index contributed by atoms with van der Waals surface area (Å²) in [5, 5.41) is 14.9. The molecule has 0 aliphatic heterocycles. The summed E-state index contributed by atoms with van der Waals surface area (Å²) in [6.45, 7) is 0.432. The number of nitriles is 1. The molecule has 7 nitrogen and oxygen atoms in total. The summed E-state index contributed by atoms with van der Waals surface area (Å²) in [7, 11) is 1.54. The molecule has 0 heterocycles. The Morgan fingerprint density at radius 2 is 1.74 bits per heavy atom. The Kier molecular flexibility index (Phi) is 8.83. The number of carbonyl (C=O) groups excluding carboxylic acids is 2. The molecule has 7 heteroatoms. The first kappa shape index (κ1) is 24.1. The first-order valence-electron chi connectivity index (χ1n) is 10.7. The van der Waals surface area contributed by atoms with Crippen molar-refractivity contribution in [1.29, 1.82) is 5.26 Å². The van der Waals surface area contributed by atoms with Crippen LogP contribution in [0, 0.1) is 11.3 Å². The van der Waals surface area contributed by atoms with Crippen LogP contribution in [0.5, 0.6) is 11.5 Å². The van der Waals surface area contributed by atoms with E-state index in [0.717, 1.165) is 12.0 Å². The van der Waals surface area contributed by atoms with Crippen LogP contribution in [-0.2, 0) is 16.0 Å². The number of amides is 2. The number of rotatable bonds is 10. The smallest absolute Gasteiger partial charge is 0.266 e. The number of hydrogen-bond donors (Lipinski definition) is 2. The van der Waals surface area contributed by atoms with Crippen LogP contribution in [0.25, 0.3) is 6.08 Å². The number of anilines is 1. The molecule has 0 unspecified atom stereocenters. The van der Waals surface area contributed by atoms with Gasteiger partial charge >= 0.3 is 0 Å². The fourth-order valence-electron chi connectivity index (χ4n) is 3.07. The van der Waals surface area contributed by atoms with Crippen LogP contribution in [0.1, 0.15) is 11.1 Å². The second-order valence-corrected chi connectivity index (χ2v) is 7.30. The number of nitrogens with one attached hydrogen (secondary N) is 2. The Morgan fingerprint density at radius 1 is 0.971 bits per heavy atom. The van der Waals surface area contributed by atoms with Gasteiger partial charge in [0, 0.05) is 18.3 Å². The summed E-state index contributed by atoms with van der Waals surface area (Å²) in [5.41, 5.74) is 2.28. The van der Waals surface area contributed by atoms with E-state index in [1.54, 1.807) is 48.5 Å². The number of ether oxygens (including phenoxy) is 2. The number of carbonyl (C=O) groups is 2. The van der Waals surface area contributed by atoms with Gasteiger partial charge in [-0.15, -0.1) is 0 Å². The van der Waals surface area contributed by atoms with Crippen LogP contribution < -0.4 is 20.1 Å². The average molecular weight is 456 g/mol. The van der Waals surface area contributed by atoms with Crippen molar-refractivity contribution in [3.05, 3.63) is 95.6 Å². The molecule has 0 aliphatic rings. The molecule has 2 amide bonds. The molecule has 0 aliphatic carbocycles. The highest BCUT2D eigenvalue weighted by atomic mass is 16.5. The molecule has 0 radical (unpaired) electrons.